The summed E-state index contributed by atoms with van der Waals surface area (Å²) in [6.07, 6.45) is 8.00. The van der Waals surface area contributed by atoms with Crippen LogP contribution in [0.3, 0.4) is 0 Å². The molecule has 0 aliphatic heterocycles. The van der Waals surface area contributed by atoms with Crippen molar-refractivity contribution >= 4 is 21.5 Å². The molecule has 4 aromatic carbocycles. The van der Waals surface area contributed by atoms with E-state index in [2.05, 4.69) is 110 Å². The molecule has 4 rings (SSSR count). The largest absolute Gasteiger partial charge is 0.124 e. The van der Waals surface area contributed by atoms with Crippen LogP contribution in [0.1, 0.15) is 0 Å². The van der Waals surface area contributed by atoms with Crippen molar-refractivity contribution in [3.05, 3.63) is 97.1 Å². The van der Waals surface area contributed by atoms with Crippen molar-refractivity contribution in [2.45, 2.75) is 0 Å². The summed E-state index contributed by atoms with van der Waals surface area (Å²) in [4.78, 5) is 0. The first-order chi connectivity index (χ1) is 10.9. The summed E-state index contributed by atoms with van der Waals surface area (Å²) >= 11 is 0. The molecule has 0 atom stereocenters. The van der Waals surface area contributed by atoms with Gasteiger partial charge in [0.05, 0.1) is 0 Å². The van der Waals surface area contributed by atoms with Crippen LogP contribution in [0.15, 0.2) is 97.1 Å². The molecule has 0 saturated heterocycles. The van der Waals surface area contributed by atoms with Gasteiger partial charge in [-0.25, -0.2) is 0 Å². The number of hydrogen-bond donors (Lipinski definition) is 0. The van der Waals surface area contributed by atoms with E-state index >= 15 is 0 Å². The lowest BCUT2D eigenvalue weighted by Gasteiger charge is -1.92. The van der Waals surface area contributed by atoms with Gasteiger partial charge in [-0.3, -0.25) is 0 Å². The summed E-state index contributed by atoms with van der Waals surface area (Å²) in [5.74, 6) is 0. The highest BCUT2D eigenvalue weighted by Crippen LogP contribution is 2.11. The van der Waals surface area contributed by atoms with Crippen LogP contribution in [0.5, 0.6) is 0 Å². The number of benzene rings is 4. The fourth-order valence-electron chi connectivity index (χ4n) is 2.27. The highest BCUT2D eigenvalue weighted by molar-refractivity contribution is 5.82. The zero-order valence-corrected chi connectivity index (χ0v) is 12.4. The molecule has 0 amide bonds. The summed E-state index contributed by atoms with van der Waals surface area (Å²) in [6, 6.07) is 33.4. The van der Waals surface area contributed by atoms with Crippen LogP contribution in [0, 0.1) is 12.8 Å². The Morgan fingerprint density at radius 2 is 0.455 bits per heavy atom. The Labute approximate surface area is 132 Å². The molecule has 0 bridgehead atoms. The molecular formula is C22H18. The summed E-state index contributed by atoms with van der Waals surface area (Å²) in [6.45, 7) is 0. The average Bonchev–Trinajstić information content (AvgIpc) is 2.64. The smallest absolute Gasteiger partial charge is 0.0184 e. The van der Waals surface area contributed by atoms with Gasteiger partial charge in [0.1, 0.15) is 0 Å². The van der Waals surface area contributed by atoms with Crippen LogP contribution in [-0.4, -0.2) is 0 Å². The van der Waals surface area contributed by atoms with Crippen molar-refractivity contribution < 1.29 is 0 Å². The molecule has 0 fully saturated rings. The lowest BCUT2D eigenvalue weighted by molar-refractivity contribution is 1.75. The maximum absolute atomic E-state index is 4.00. The molecule has 0 aromatic heterocycles. The van der Waals surface area contributed by atoms with Gasteiger partial charge in [-0.2, -0.15) is 0 Å². The molecule has 4 aromatic rings. The SMILES string of the molecule is C#C.c1ccc2ccccc2c1.c1ccc2ccccc2c1. The zero-order valence-electron chi connectivity index (χ0n) is 12.4. The van der Waals surface area contributed by atoms with Crippen LogP contribution in [0.25, 0.3) is 21.5 Å². The van der Waals surface area contributed by atoms with Crippen molar-refractivity contribution in [1.82, 2.24) is 0 Å². The molecule has 0 aliphatic rings. The second-order valence-corrected chi connectivity index (χ2v) is 4.69. The minimum atomic E-state index is 1.31. The van der Waals surface area contributed by atoms with Gasteiger partial charge in [0.2, 0.25) is 0 Å². The minimum Gasteiger partial charge on any atom is -0.124 e. The fourth-order valence-corrected chi connectivity index (χ4v) is 2.27. The van der Waals surface area contributed by atoms with E-state index in [9.17, 15) is 0 Å². The fraction of sp³-hybridized carbons (Fsp3) is 0. The first-order valence-corrected chi connectivity index (χ1v) is 7.14. The van der Waals surface area contributed by atoms with Crippen LogP contribution in [-0.2, 0) is 0 Å². The van der Waals surface area contributed by atoms with Gasteiger partial charge in [0.25, 0.3) is 0 Å². The van der Waals surface area contributed by atoms with Gasteiger partial charge in [-0.15, -0.1) is 12.8 Å². The molecule has 0 spiro atoms. The van der Waals surface area contributed by atoms with Gasteiger partial charge >= 0.3 is 0 Å². The number of terminal acetylenes is 1. The first-order valence-electron chi connectivity index (χ1n) is 7.14. The highest BCUT2D eigenvalue weighted by atomic mass is 13.9. The van der Waals surface area contributed by atoms with Gasteiger partial charge in [-0.05, 0) is 21.5 Å². The van der Waals surface area contributed by atoms with Crippen LogP contribution in [0.2, 0.25) is 0 Å². The lowest BCUT2D eigenvalue weighted by Crippen LogP contribution is -1.67. The third kappa shape index (κ3) is 3.98. The second-order valence-electron chi connectivity index (χ2n) is 4.69. The molecule has 0 aliphatic carbocycles. The first kappa shape index (κ1) is 15.4. The number of hydrogen-bond acceptors (Lipinski definition) is 0. The van der Waals surface area contributed by atoms with Crippen molar-refractivity contribution in [2.24, 2.45) is 0 Å². The van der Waals surface area contributed by atoms with E-state index in [1.165, 1.54) is 21.5 Å². The van der Waals surface area contributed by atoms with E-state index in [4.69, 9.17) is 0 Å². The van der Waals surface area contributed by atoms with E-state index in [1.807, 2.05) is 0 Å². The zero-order chi connectivity index (χ0) is 15.6. The van der Waals surface area contributed by atoms with E-state index in [0.29, 0.717) is 0 Å². The Morgan fingerprint density at radius 1 is 0.318 bits per heavy atom. The molecule has 0 heteroatoms. The van der Waals surface area contributed by atoms with Gasteiger partial charge in [-0.1, -0.05) is 97.1 Å². The Kier molecular flexibility index (Phi) is 5.79. The average molecular weight is 282 g/mol. The molecule has 0 unspecified atom stereocenters. The quantitative estimate of drug-likeness (QED) is 0.351. The summed E-state index contributed by atoms with van der Waals surface area (Å²) in [5.41, 5.74) is 0. The Hall–Kier alpha value is -3.04. The second kappa shape index (κ2) is 8.29. The predicted molar refractivity (Wildman–Crippen MR) is 97.8 cm³/mol. The predicted octanol–water partition coefficient (Wildman–Crippen LogP) is 5.93. The molecular weight excluding hydrogens is 264 g/mol. The van der Waals surface area contributed by atoms with Gasteiger partial charge in [0.15, 0.2) is 0 Å². The number of rotatable bonds is 0. The maximum Gasteiger partial charge on any atom is -0.0184 e. The lowest BCUT2D eigenvalue weighted by atomic mass is 10.1. The highest BCUT2D eigenvalue weighted by Gasteiger charge is 1.86. The van der Waals surface area contributed by atoms with Crippen LogP contribution < -0.4 is 0 Å². The maximum atomic E-state index is 4.00. The van der Waals surface area contributed by atoms with Crippen molar-refractivity contribution in [3.8, 4) is 12.8 Å². The topological polar surface area (TPSA) is 0 Å². The van der Waals surface area contributed by atoms with E-state index in [1.54, 1.807) is 0 Å². The molecule has 106 valence electrons. The Bertz CT molecular complexity index is 654. The third-order valence-electron chi connectivity index (χ3n) is 3.32. The van der Waals surface area contributed by atoms with Crippen molar-refractivity contribution in [2.75, 3.05) is 0 Å². The van der Waals surface area contributed by atoms with Crippen LogP contribution in [0.4, 0.5) is 0 Å². The molecule has 0 radical (unpaired) electrons. The molecule has 0 saturated carbocycles. The molecule has 22 heavy (non-hydrogen) atoms. The van der Waals surface area contributed by atoms with Crippen molar-refractivity contribution in [3.63, 3.8) is 0 Å². The standard InChI is InChI=1S/2C10H8.C2H2/c2*1-2-6-10-8-4-3-7-9(10)5-1;1-2/h2*1-8H;1-2H. The summed E-state index contributed by atoms with van der Waals surface area (Å²) in [5, 5.41) is 5.24. The minimum absolute atomic E-state index is 1.31. The van der Waals surface area contributed by atoms with Gasteiger partial charge in [0, 0.05) is 0 Å². The van der Waals surface area contributed by atoms with Crippen LogP contribution >= 0.6 is 0 Å². The normalized spacial score (nSPS) is 9.18. The summed E-state index contributed by atoms with van der Waals surface area (Å²) in [7, 11) is 0. The summed E-state index contributed by atoms with van der Waals surface area (Å²) < 4.78 is 0. The Balaban J connectivity index is 0.000000144. The number of fused-ring (bicyclic) bond motifs is 2. The monoisotopic (exact) mass is 282 g/mol. The molecule has 0 N–H and O–H groups in total. The third-order valence-corrected chi connectivity index (χ3v) is 3.32. The molecule has 0 nitrogen and oxygen atoms in total. The van der Waals surface area contributed by atoms with E-state index in [0.717, 1.165) is 0 Å². The molecule has 0 heterocycles. The van der Waals surface area contributed by atoms with E-state index in [-0.39, 0.29) is 0 Å². The van der Waals surface area contributed by atoms with Gasteiger partial charge < -0.3 is 0 Å². The van der Waals surface area contributed by atoms with E-state index < -0.39 is 0 Å². The Morgan fingerprint density at radius 3 is 0.591 bits per heavy atom. The van der Waals surface area contributed by atoms with Crippen molar-refractivity contribution in [1.29, 1.82) is 0 Å².